The molecule has 1 saturated heterocycles. The van der Waals surface area contributed by atoms with Gasteiger partial charge in [0.2, 0.25) is 0 Å². The second-order valence-corrected chi connectivity index (χ2v) is 7.83. The summed E-state index contributed by atoms with van der Waals surface area (Å²) >= 11 is 7.73. The van der Waals surface area contributed by atoms with Gasteiger partial charge in [-0.3, -0.25) is 4.90 Å². The lowest BCUT2D eigenvalue weighted by Crippen LogP contribution is -2.62. The number of hydrogen-bond acceptors (Lipinski definition) is 3. The van der Waals surface area contributed by atoms with Gasteiger partial charge in [0.1, 0.15) is 0 Å². The van der Waals surface area contributed by atoms with Crippen LogP contribution in [-0.4, -0.2) is 29.6 Å². The van der Waals surface area contributed by atoms with E-state index in [0.717, 1.165) is 29.9 Å². The van der Waals surface area contributed by atoms with Crippen LogP contribution >= 0.6 is 22.9 Å². The quantitative estimate of drug-likeness (QED) is 0.916. The van der Waals surface area contributed by atoms with Gasteiger partial charge in [0, 0.05) is 36.1 Å². The van der Waals surface area contributed by atoms with Crippen molar-refractivity contribution in [1.82, 2.24) is 10.2 Å². The number of halogens is 1. The van der Waals surface area contributed by atoms with E-state index in [0.29, 0.717) is 11.6 Å². The van der Waals surface area contributed by atoms with E-state index in [9.17, 15) is 0 Å². The van der Waals surface area contributed by atoms with Gasteiger partial charge in [-0.05, 0) is 44.7 Å². The minimum atomic E-state index is 0.327. The lowest BCUT2D eigenvalue weighted by molar-refractivity contribution is 0.0779. The number of nitrogens with zero attached hydrogens (tertiary/aromatic N) is 1. The number of hydrogen-bond donors (Lipinski definition) is 1. The van der Waals surface area contributed by atoms with Crippen LogP contribution in [0.1, 0.15) is 31.6 Å². The third-order valence-electron chi connectivity index (χ3n) is 4.42. The molecule has 4 heteroatoms. The maximum absolute atomic E-state index is 6.02. The Morgan fingerprint density at radius 1 is 1.50 bits per heavy atom. The van der Waals surface area contributed by atoms with Crippen LogP contribution in [0, 0.1) is 5.92 Å². The molecule has 100 valence electrons. The van der Waals surface area contributed by atoms with Gasteiger partial charge in [-0.25, -0.2) is 0 Å². The van der Waals surface area contributed by atoms with Gasteiger partial charge in [0.05, 0.1) is 4.34 Å². The predicted molar refractivity (Wildman–Crippen MR) is 78.3 cm³/mol. The smallest absolute Gasteiger partial charge is 0.0931 e. The lowest BCUT2D eigenvalue weighted by atomic mass is 9.91. The molecule has 0 spiro atoms. The molecular weight excluding hydrogens is 264 g/mol. The Labute approximate surface area is 118 Å². The Bertz CT molecular complexity index is 429. The van der Waals surface area contributed by atoms with Crippen LogP contribution < -0.4 is 5.32 Å². The highest BCUT2D eigenvalue weighted by atomic mass is 35.5. The standard InChI is InChI=1S/C14H21ClN2S/c1-10-7-16-14(2,11-3-4-11)9-17(10)8-12-5-6-13(15)18-12/h5-6,10-11,16H,3-4,7-9H2,1-2H3. The first-order chi connectivity index (χ1) is 8.57. The van der Waals surface area contributed by atoms with Crippen molar-refractivity contribution in [2.75, 3.05) is 13.1 Å². The topological polar surface area (TPSA) is 15.3 Å². The van der Waals surface area contributed by atoms with E-state index in [1.54, 1.807) is 11.3 Å². The largest absolute Gasteiger partial charge is 0.308 e. The summed E-state index contributed by atoms with van der Waals surface area (Å²) in [5, 5.41) is 3.76. The fourth-order valence-electron chi connectivity index (χ4n) is 2.99. The van der Waals surface area contributed by atoms with E-state index >= 15 is 0 Å². The van der Waals surface area contributed by atoms with Crippen molar-refractivity contribution < 1.29 is 0 Å². The summed E-state index contributed by atoms with van der Waals surface area (Å²) in [7, 11) is 0. The summed E-state index contributed by atoms with van der Waals surface area (Å²) in [4.78, 5) is 3.99. The van der Waals surface area contributed by atoms with Crippen molar-refractivity contribution in [3.05, 3.63) is 21.3 Å². The van der Waals surface area contributed by atoms with Crippen molar-refractivity contribution in [3.63, 3.8) is 0 Å². The van der Waals surface area contributed by atoms with Crippen molar-refractivity contribution >= 4 is 22.9 Å². The van der Waals surface area contributed by atoms with E-state index in [2.05, 4.69) is 30.1 Å². The van der Waals surface area contributed by atoms with E-state index in [-0.39, 0.29) is 0 Å². The summed E-state index contributed by atoms with van der Waals surface area (Å²) in [5.74, 6) is 0.888. The zero-order valence-electron chi connectivity index (χ0n) is 11.1. The fourth-order valence-corrected chi connectivity index (χ4v) is 4.10. The molecule has 0 radical (unpaired) electrons. The van der Waals surface area contributed by atoms with Crippen LogP contribution in [0.25, 0.3) is 0 Å². The first kappa shape index (κ1) is 12.9. The number of rotatable bonds is 3. The van der Waals surface area contributed by atoms with Crippen LogP contribution in [0.4, 0.5) is 0 Å². The van der Waals surface area contributed by atoms with Gasteiger partial charge >= 0.3 is 0 Å². The SMILES string of the molecule is CC1CNC(C)(C2CC2)CN1Cc1ccc(Cl)s1. The minimum absolute atomic E-state index is 0.327. The van der Waals surface area contributed by atoms with Crippen molar-refractivity contribution in [2.45, 2.75) is 44.8 Å². The molecule has 18 heavy (non-hydrogen) atoms. The van der Waals surface area contributed by atoms with E-state index in [1.807, 2.05) is 6.07 Å². The van der Waals surface area contributed by atoms with Gasteiger partial charge in [-0.15, -0.1) is 11.3 Å². The summed E-state index contributed by atoms with van der Waals surface area (Å²) in [5.41, 5.74) is 0.327. The monoisotopic (exact) mass is 284 g/mol. The van der Waals surface area contributed by atoms with Crippen LogP contribution in [0.2, 0.25) is 4.34 Å². The molecule has 0 amide bonds. The molecule has 2 atom stereocenters. The lowest BCUT2D eigenvalue weighted by Gasteiger charge is -2.45. The first-order valence-corrected chi connectivity index (χ1v) is 7.99. The maximum Gasteiger partial charge on any atom is 0.0931 e. The second-order valence-electron chi connectivity index (χ2n) is 6.03. The van der Waals surface area contributed by atoms with E-state index < -0.39 is 0 Å². The van der Waals surface area contributed by atoms with E-state index in [1.165, 1.54) is 17.7 Å². The zero-order valence-corrected chi connectivity index (χ0v) is 12.7. The number of thiophene rings is 1. The second kappa shape index (κ2) is 4.78. The Balaban J connectivity index is 1.69. The molecule has 2 unspecified atom stereocenters. The summed E-state index contributed by atoms with van der Waals surface area (Å²) in [6, 6.07) is 4.78. The van der Waals surface area contributed by atoms with Gasteiger partial charge < -0.3 is 5.32 Å². The first-order valence-electron chi connectivity index (χ1n) is 6.80. The molecule has 0 aromatic carbocycles. The Hall–Kier alpha value is -0.0900. The highest BCUT2D eigenvalue weighted by Gasteiger charge is 2.45. The molecular formula is C14H21ClN2S. The Morgan fingerprint density at radius 2 is 2.28 bits per heavy atom. The molecule has 2 fully saturated rings. The summed E-state index contributed by atoms with van der Waals surface area (Å²) in [6.07, 6.45) is 2.80. The molecule has 1 aliphatic heterocycles. The number of piperazine rings is 1. The van der Waals surface area contributed by atoms with E-state index in [4.69, 9.17) is 11.6 Å². The third kappa shape index (κ3) is 2.60. The van der Waals surface area contributed by atoms with Gasteiger partial charge in [0.25, 0.3) is 0 Å². The maximum atomic E-state index is 6.02. The predicted octanol–water partition coefficient (Wildman–Crippen LogP) is 3.36. The Kier molecular flexibility index (Phi) is 3.43. The molecule has 1 saturated carbocycles. The number of nitrogens with one attached hydrogen (secondary N) is 1. The van der Waals surface area contributed by atoms with Crippen molar-refractivity contribution in [1.29, 1.82) is 0 Å². The van der Waals surface area contributed by atoms with Crippen LogP contribution in [0.3, 0.4) is 0 Å². The van der Waals surface area contributed by atoms with Crippen LogP contribution in [-0.2, 0) is 6.54 Å². The van der Waals surface area contributed by atoms with Crippen LogP contribution in [0.15, 0.2) is 12.1 Å². The molecule has 2 heterocycles. The summed E-state index contributed by atoms with van der Waals surface area (Å²) < 4.78 is 0.901. The highest BCUT2D eigenvalue weighted by Crippen LogP contribution is 2.41. The molecule has 1 aromatic heterocycles. The summed E-state index contributed by atoms with van der Waals surface area (Å²) in [6.45, 7) is 8.02. The fraction of sp³-hybridized carbons (Fsp3) is 0.714. The molecule has 2 aliphatic rings. The van der Waals surface area contributed by atoms with Gasteiger partial charge in [-0.2, -0.15) is 0 Å². The molecule has 3 rings (SSSR count). The zero-order chi connectivity index (χ0) is 12.8. The molecule has 1 aromatic rings. The molecule has 0 bridgehead atoms. The van der Waals surface area contributed by atoms with Gasteiger partial charge in [-0.1, -0.05) is 11.6 Å². The highest BCUT2D eigenvalue weighted by molar-refractivity contribution is 7.16. The normalized spacial score (nSPS) is 33.8. The third-order valence-corrected chi connectivity index (χ3v) is 5.64. The van der Waals surface area contributed by atoms with Crippen LogP contribution in [0.5, 0.6) is 0 Å². The van der Waals surface area contributed by atoms with Crippen molar-refractivity contribution in [2.24, 2.45) is 5.92 Å². The average Bonchev–Trinajstić information content (AvgIpc) is 3.10. The molecule has 1 aliphatic carbocycles. The molecule has 1 N–H and O–H groups in total. The van der Waals surface area contributed by atoms with Gasteiger partial charge in [0.15, 0.2) is 0 Å². The average molecular weight is 285 g/mol. The molecule has 2 nitrogen and oxygen atoms in total. The Morgan fingerprint density at radius 3 is 2.89 bits per heavy atom. The minimum Gasteiger partial charge on any atom is -0.308 e. The van der Waals surface area contributed by atoms with Crippen molar-refractivity contribution in [3.8, 4) is 0 Å².